The van der Waals surface area contributed by atoms with E-state index in [1.54, 1.807) is 48.5 Å². The van der Waals surface area contributed by atoms with Crippen molar-refractivity contribution in [3.8, 4) is 0 Å². The van der Waals surface area contributed by atoms with Gasteiger partial charge < -0.3 is 0 Å². The zero-order valence-corrected chi connectivity index (χ0v) is 11.2. The van der Waals surface area contributed by atoms with Crippen LogP contribution in [0.15, 0.2) is 48.5 Å². The Balaban J connectivity index is 2.45. The molecule has 2 rings (SSSR count). The van der Waals surface area contributed by atoms with E-state index in [1.165, 1.54) is 0 Å². The first-order valence-electron chi connectivity index (χ1n) is 4.91. The minimum atomic E-state index is -3.05. The lowest BCUT2D eigenvalue weighted by molar-refractivity contribution is 0.588. The number of halogens is 2. The highest BCUT2D eigenvalue weighted by atomic mass is 35.5. The second-order valence-corrected chi connectivity index (χ2v) is 6.83. The van der Waals surface area contributed by atoms with Gasteiger partial charge in [0.1, 0.15) is 0 Å². The van der Waals surface area contributed by atoms with Gasteiger partial charge in [-0.15, -0.1) is 0 Å². The molecule has 0 fully saturated rings. The molecule has 0 unspecified atom stereocenters. The number of benzene rings is 2. The third kappa shape index (κ3) is 2.72. The molecule has 5 heteroatoms. The van der Waals surface area contributed by atoms with E-state index in [-0.39, 0.29) is 0 Å². The SMILES string of the molecule is NP(=O)(c1ccc(Cl)cc1)c1ccc(Cl)cc1. The Morgan fingerprint density at radius 1 is 0.765 bits per heavy atom. The van der Waals surface area contributed by atoms with Crippen molar-refractivity contribution in [1.82, 2.24) is 0 Å². The van der Waals surface area contributed by atoms with Gasteiger partial charge in [0, 0.05) is 20.7 Å². The molecule has 0 amide bonds. The minimum absolute atomic E-state index is 0.573. The fourth-order valence-corrected chi connectivity index (χ4v) is 3.21. The molecule has 0 radical (unpaired) electrons. The van der Waals surface area contributed by atoms with Crippen molar-refractivity contribution in [2.45, 2.75) is 0 Å². The normalized spacial score (nSPS) is 11.5. The van der Waals surface area contributed by atoms with Gasteiger partial charge in [-0.1, -0.05) is 23.2 Å². The molecular formula is C12H10Cl2NOP. The molecule has 0 aliphatic heterocycles. The first-order chi connectivity index (χ1) is 8.00. The van der Waals surface area contributed by atoms with E-state index in [2.05, 4.69) is 0 Å². The average molecular weight is 286 g/mol. The summed E-state index contributed by atoms with van der Waals surface area (Å²) in [6, 6.07) is 13.4. The van der Waals surface area contributed by atoms with Gasteiger partial charge in [0.05, 0.1) is 0 Å². The Bertz CT molecular complexity index is 517. The molecule has 88 valence electrons. The summed E-state index contributed by atoms with van der Waals surface area (Å²) >= 11 is 11.6. The second kappa shape index (κ2) is 4.83. The van der Waals surface area contributed by atoms with Crippen molar-refractivity contribution in [3.63, 3.8) is 0 Å². The van der Waals surface area contributed by atoms with Gasteiger partial charge in [-0.25, -0.2) is 0 Å². The van der Waals surface area contributed by atoms with Crippen LogP contribution < -0.4 is 16.1 Å². The topological polar surface area (TPSA) is 43.1 Å². The van der Waals surface area contributed by atoms with Gasteiger partial charge in [-0.2, -0.15) is 0 Å². The number of nitrogens with two attached hydrogens (primary N) is 1. The van der Waals surface area contributed by atoms with Crippen LogP contribution in [0, 0.1) is 0 Å². The third-order valence-corrected chi connectivity index (χ3v) is 5.05. The molecule has 2 nitrogen and oxygen atoms in total. The molecular weight excluding hydrogens is 276 g/mol. The van der Waals surface area contributed by atoms with E-state index in [0.717, 1.165) is 0 Å². The summed E-state index contributed by atoms with van der Waals surface area (Å²) in [6.45, 7) is 0. The van der Waals surface area contributed by atoms with E-state index in [9.17, 15) is 4.57 Å². The van der Waals surface area contributed by atoms with E-state index < -0.39 is 7.29 Å². The molecule has 2 N–H and O–H groups in total. The van der Waals surface area contributed by atoms with Crippen LogP contribution in [0.2, 0.25) is 10.0 Å². The van der Waals surface area contributed by atoms with Crippen molar-refractivity contribution in [3.05, 3.63) is 58.6 Å². The highest BCUT2D eigenvalue weighted by Gasteiger charge is 2.21. The Kier molecular flexibility index (Phi) is 3.60. The van der Waals surface area contributed by atoms with Crippen molar-refractivity contribution in [2.75, 3.05) is 0 Å². The Hall–Kier alpha value is -0.790. The Morgan fingerprint density at radius 2 is 1.06 bits per heavy atom. The molecule has 2 aromatic rings. The number of rotatable bonds is 2. The fraction of sp³-hybridized carbons (Fsp3) is 0. The van der Waals surface area contributed by atoms with E-state index >= 15 is 0 Å². The zero-order chi connectivity index (χ0) is 12.5. The highest BCUT2D eigenvalue weighted by Crippen LogP contribution is 2.34. The van der Waals surface area contributed by atoms with Crippen LogP contribution in [0.5, 0.6) is 0 Å². The maximum absolute atomic E-state index is 12.5. The standard InChI is InChI=1S/C12H10Cl2NOP/c13-9-1-5-11(6-2-9)17(15,16)12-7-3-10(14)4-8-12/h1-8H,(H2,15,16). The monoisotopic (exact) mass is 285 g/mol. The largest absolute Gasteiger partial charge is 0.297 e. The molecule has 2 aromatic carbocycles. The maximum Gasteiger partial charge on any atom is 0.202 e. The van der Waals surface area contributed by atoms with Crippen LogP contribution in [-0.2, 0) is 4.57 Å². The van der Waals surface area contributed by atoms with E-state index in [1.807, 2.05) is 0 Å². The lowest BCUT2D eigenvalue weighted by Crippen LogP contribution is -2.21. The maximum atomic E-state index is 12.5. The summed E-state index contributed by atoms with van der Waals surface area (Å²) in [5.41, 5.74) is 5.93. The number of hydrogen-bond acceptors (Lipinski definition) is 1. The summed E-state index contributed by atoms with van der Waals surface area (Å²) in [5, 5.41) is 2.32. The molecule has 17 heavy (non-hydrogen) atoms. The van der Waals surface area contributed by atoms with Gasteiger partial charge in [0.15, 0.2) is 0 Å². The van der Waals surface area contributed by atoms with Crippen molar-refractivity contribution in [2.24, 2.45) is 5.50 Å². The van der Waals surface area contributed by atoms with Crippen LogP contribution >= 0.6 is 30.5 Å². The molecule has 0 spiro atoms. The Labute approximate surface area is 110 Å². The predicted molar refractivity (Wildman–Crippen MR) is 74.0 cm³/mol. The molecule has 0 heterocycles. The van der Waals surface area contributed by atoms with Gasteiger partial charge in [0.25, 0.3) is 0 Å². The third-order valence-electron chi connectivity index (χ3n) is 2.42. The summed E-state index contributed by atoms with van der Waals surface area (Å²) < 4.78 is 12.5. The van der Waals surface area contributed by atoms with Gasteiger partial charge in [0.2, 0.25) is 7.29 Å². The molecule has 0 bridgehead atoms. The summed E-state index contributed by atoms with van der Waals surface area (Å²) in [6.07, 6.45) is 0. The molecule has 0 saturated carbocycles. The zero-order valence-electron chi connectivity index (χ0n) is 8.81. The summed E-state index contributed by atoms with van der Waals surface area (Å²) in [7, 11) is -3.05. The van der Waals surface area contributed by atoms with Crippen molar-refractivity contribution < 1.29 is 4.57 Å². The van der Waals surface area contributed by atoms with Crippen LogP contribution in [0.4, 0.5) is 0 Å². The summed E-state index contributed by atoms with van der Waals surface area (Å²) in [4.78, 5) is 0. The van der Waals surface area contributed by atoms with Gasteiger partial charge in [-0.05, 0) is 48.5 Å². The molecule has 0 saturated heterocycles. The molecule has 0 aliphatic rings. The van der Waals surface area contributed by atoms with E-state index in [4.69, 9.17) is 28.7 Å². The predicted octanol–water partition coefficient (Wildman–Crippen LogP) is 3.18. The lowest BCUT2D eigenvalue weighted by Gasteiger charge is -2.13. The fourth-order valence-electron chi connectivity index (χ4n) is 1.47. The average Bonchev–Trinajstić information content (AvgIpc) is 2.30. The first kappa shape index (κ1) is 12.7. The van der Waals surface area contributed by atoms with Crippen LogP contribution in [0.1, 0.15) is 0 Å². The molecule has 0 aromatic heterocycles. The molecule has 0 aliphatic carbocycles. The highest BCUT2D eigenvalue weighted by molar-refractivity contribution is 7.76. The minimum Gasteiger partial charge on any atom is -0.297 e. The van der Waals surface area contributed by atoms with Crippen LogP contribution in [0.3, 0.4) is 0 Å². The van der Waals surface area contributed by atoms with Crippen molar-refractivity contribution >= 4 is 41.1 Å². The first-order valence-corrected chi connectivity index (χ1v) is 7.44. The van der Waals surface area contributed by atoms with Crippen molar-refractivity contribution in [1.29, 1.82) is 0 Å². The smallest absolute Gasteiger partial charge is 0.202 e. The van der Waals surface area contributed by atoms with Crippen LogP contribution in [0.25, 0.3) is 0 Å². The van der Waals surface area contributed by atoms with Gasteiger partial charge in [-0.3, -0.25) is 10.1 Å². The van der Waals surface area contributed by atoms with Crippen LogP contribution in [-0.4, -0.2) is 0 Å². The van der Waals surface area contributed by atoms with Gasteiger partial charge >= 0.3 is 0 Å². The second-order valence-electron chi connectivity index (χ2n) is 3.61. The Morgan fingerprint density at radius 3 is 1.35 bits per heavy atom. The quantitative estimate of drug-likeness (QED) is 0.862. The van der Waals surface area contributed by atoms with E-state index in [0.29, 0.717) is 20.7 Å². The lowest BCUT2D eigenvalue weighted by atomic mass is 10.4. The summed E-state index contributed by atoms with van der Waals surface area (Å²) in [5.74, 6) is 0. The number of hydrogen-bond donors (Lipinski definition) is 1. The molecule has 0 atom stereocenters.